The van der Waals surface area contributed by atoms with Gasteiger partial charge in [-0.3, -0.25) is 9.13 Å². The molecule has 3 aromatic rings. The number of aliphatic hydroxyl groups is 2. The smallest absolute Gasteiger partial charge is 0.340 e. The number of halogens is 2. The molecule has 1 aliphatic heterocycles. The molecule has 1 aliphatic rings. The summed E-state index contributed by atoms with van der Waals surface area (Å²) >= 11 is 6.23. The molecular formula is C21H26ClFN4O9P2. The number of hydrogen-bond acceptors (Lipinski definition) is 9. The molecule has 2 aromatic heterocycles. The first-order valence-electron chi connectivity index (χ1n) is 11.3. The van der Waals surface area contributed by atoms with Gasteiger partial charge in [0.25, 0.3) is 0 Å². The summed E-state index contributed by atoms with van der Waals surface area (Å²) in [5.41, 5.74) is 1.24. The van der Waals surface area contributed by atoms with E-state index in [0.717, 1.165) is 0 Å². The predicted molar refractivity (Wildman–Crippen MR) is 134 cm³/mol. The molecule has 1 aromatic carbocycles. The van der Waals surface area contributed by atoms with Crippen LogP contribution in [-0.4, -0.2) is 76.5 Å². The summed E-state index contributed by atoms with van der Waals surface area (Å²) in [5, 5.41) is 29.0. The molecule has 0 bridgehead atoms. The zero-order chi connectivity index (χ0) is 27.8. The predicted octanol–water partition coefficient (Wildman–Crippen LogP) is 2.22. The van der Waals surface area contributed by atoms with Crippen molar-refractivity contribution in [2.24, 2.45) is 0 Å². The van der Waals surface area contributed by atoms with Gasteiger partial charge in [0.2, 0.25) is 0 Å². The molecule has 1 fully saturated rings. The number of rotatable bonds is 10. The number of fused-ring (bicyclic) bond motifs is 1. The Morgan fingerprint density at radius 1 is 1.24 bits per heavy atom. The molecule has 0 radical (unpaired) electrons. The maximum atomic E-state index is 14.1. The number of aliphatic hydroxyl groups excluding tert-OH is 2. The Bertz CT molecular complexity index is 1410. The molecule has 0 spiro atoms. The second kappa shape index (κ2) is 11.3. The third kappa shape index (κ3) is 6.78. The lowest BCUT2D eigenvalue weighted by molar-refractivity contribution is -0.0541. The molecule has 0 saturated carbocycles. The number of pyridine rings is 1. The quantitative estimate of drug-likeness (QED) is 0.148. The van der Waals surface area contributed by atoms with Crippen LogP contribution in [0.2, 0.25) is 5.15 Å². The largest absolute Gasteiger partial charge is 0.387 e. The average Bonchev–Trinajstić information content (AvgIpc) is 3.33. The van der Waals surface area contributed by atoms with Crippen LogP contribution < -0.4 is 5.32 Å². The van der Waals surface area contributed by atoms with Gasteiger partial charge in [0, 0.05) is 6.04 Å². The number of ether oxygens (including phenoxy) is 1. The zero-order valence-corrected chi connectivity index (χ0v) is 22.4. The molecule has 3 heterocycles. The van der Waals surface area contributed by atoms with Crippen molar-refractivity contribution in [2.45, 2.75) is 43.9 Å². The van der Waals surface area contributed by atoms with Crippen LogP contribution >= 0.6 is 26.8 Å². The van der Waals surface area contributed by atoms with E-state index in [1.807, 2.05) is 6.92 Å². The maximum absolute atomic E-state index is 14.1. The standard InChI is InChI=1S/C21H26ClFN4O9P2/c1-11(6-12-4-2-3-5-14(12)23)25-15-7-17(22)26-20-13(15)8-24-27(20)21-19(29)18(28)16(36-21)9-35-38(33,34)10-37(30,31)32/h2-5,7-8,11,16,18-19,21,28-29H,6,9-10H2,1H3,(H,25,26)(H,33,34)(H2,30,31,32)/t11-,16+,18+,19+,21?/m0/s1. The van der Waals surface area contributed by atoms with E-state index < -0.39 is 52.2 Å². The molecule has 17 heteroatoms. The first-order valence-corrected chi connectivity index (χ1v) is 15.2. The number of anilines is 1. The van der Waals surface area contributed by atoms with E-state index in [1.165, 1.54) is 16.9 Å². The minimum atomic E-state index is -4.85. The van der Waals surface area contributed by atoms with Gasteiger partial charge in [0.05, 0.1) is 23.9 Å². The number of benzene rings is 1. The highest BCUT2D eigenvalue weighted by Crippen LogP contribution is 2.55. The van der Waals surface area contributed by atoms with E-state index in [-0.39, 0.29) is 22.7 Å². The normalized spacial score (nSPS) is 24.4. The van der Waals surface area contributed by atoms with Gasteiger partial charge in [-0.25, -0.2) is 14.1 Å². The van der Waals surface area contributed by atoms with Crippen LogP contribution in [-0.2, 0) is 24.8 Å². The highest BCUT2D eigenvalue weighted by Gasteiger charge is 2.46. The van der Waals surface area contributed by atoms with Gasteiger partial charge < -0.3 is 39.5 Å². The lowest BCUT2D eigenvalue weighted by Gasteiger charge is -2.18. The zero-order valence-electron chi connectivity index (χ0n) is 19.8. The van der Waals surface area contributed by atoms with Crippen molar-refractivity contribution in [3.8, 4) is 0 Å². The van der Waals surface area contributed by atoms with Gasteiger partial charge >= 0.3 is 15.2 Å². The average molecular weight is 595 g/mol. The van der Waals surface area contributed by atoms with Crippen LogP contribution in [0.3, 0.4) is 0 Å². The minimum absolute atomic E-state index is 0.0754. The van der Waals surface area contributed by atoms with Crippen molar-refractivity contribution in [3.05, 3.63) is 53.1 Å². The fourth-order valence-electron chi connectivity index (χ4n) is 4.14. The number of nitrogens with one attached hydrogen (secondary N) is 1. The van der Waals surface area contributed by atoms with Gasteiger partial charge in [-0.05, 0) is 31.0 Å². The Labute approximate surface area is 220 Å². The van der Waals surface area contributed by atoms with Crippen LogP contribution in [0.4, 0.5) is 10.1 Å². The summed E-state index contributed by atoms with van der Waals surface area (Å²) in [6, 6.07) is 7.75. The summed E-state index contributed by atoms with van der Waals surface area (Å²) < 4.78 is 48.5. The number of hydrogen-bond donors (Lipinski definition) is 6. The minimum Gasteiger partial charge on any atom is -0.387 e. The second-order valence-electron chi connectivity index (χ2n) is 8.95. The Morgan fingerprint density at radius 2 is 1.95 bits per heavy atom. The first kappa shape index (κ1) is 29.0. The Balaban J connectivity index is 1.52. The summed E-state index contributed by atoms with van der Waals surface area (Å²) in [5.74, 6) is -1.73. The van der Waals surface area contributed by atoms with Gasteiger partial charge in [-0.15, -0.1) is 0 Å². The van der Waals surface area contributed by atoms with Crippen molar-refractivity contribution in [2.75, 3.05) is 17.8 Å². The highest BCUT2D eigenvalue weighted by molar-refractivity contribution is 7.70. The van der Waals surface area contributed by atoms with Crippen LogP contribution in [0.25, 0.3) is 11.0 Å². The van der Waals surface area contributed by atoms with E-state index in [1.54, 1.807) is 24.3 Å². The molecule has 2 unspecified atom stereocenters. The molecule has 1 saturated heterocycles. The fourth-order valence-corrected chi connectivity index (χ4v) is 6.89. The van der Waals surface area contributed by atoms with Crippen molar-refractivity contribution in [1.82, 2.24) is 14.8 Å². The van der Waals surface area contributed by atoms with Crippen molar-refractivity contribution < 1.29 is 47.7 Å². The van der Waals surface area contributed by atoms with Gasteiger partial charge in [-0.1, -0.05) is 29.8 Å². The summed E-state index contributed by atoms with van der Waals surface area (Å²) in [6.07, 6.45) is -3.98. The van der Waals surface area contributed by atoms with E-state index >= 15 is 0 Å². The van der Waals surface area contributed by atoms with Gasteiger partial charge in [0.1, 0.15) is 29.3 Å². The maximum Gasteiger partial charge on any atom is 0.340 e. The number of aromatic nitrogens is 3. The van der Waals surface area contributed by atoms with Crippen LogP contribution in [0.1, 0.15) is 18.7 Å². The summed E-state index contributed by atoms with van der Waals surface area (Å²) in [4.78, 5) is 31.8. The second-order valence-corrected chi connectivity index (χ2v) is 13.3. The van der Waals surface area contributed by atoms with Crippen molar-refractivity contribution in [1.29, 1.82) is 0 Å². The molecule has 0 amide bonds. The lowest BCUT2D eigenvalue weighted by Crippen LogP contribution is -2.33. The van der Waals surface area contributed by atoms with Gasteiger partial charge in [-0.2, -0.15) is 5.10 Å². The molecule has 38 heavy (non-hydrogen) atoms. The molecule has 6 N–H and O–H groups in total. The van der Waals surface area contributed by atoms with E-state index in [4.69, 9.17) is 30.6 Å². The highest BCUT2D eigenvalue weighted by atomic mass is 35.5. The summed E-state index contributed by atoms with van der Waals surface area (Å²) in [7, 11) is -9.55. The molecule has 4 rings (SSSR count). The summed E-state index contributed by atoms with van der Waals surface area (Å²) in [6.45, 7) is 1.12. The monoisotopic (exact) mass is 594 g/mol. The fraction of sp³-hybridized carbons (Fsp3) is 0.429. The number of nitrogens with zero attached hydrogens (tertiary/aromatic N) is 3. The van der Waals surface area contributed by atoms with E-state index in [0.29, 0.717) is 23.1 Å². The van der Waals surface area contributed by atoms with Crippen LogP contribution in [0.15, 0.2) is 36.5 Å². The van der Waals surface area contributed by atoms with Gasteiger partial charge in [0.15, 0.2) is 17.8 Å². The molecule has 13 nitrogen and oxygen atoms in total. The third-order valence-electron chi connectivity index (χ3n) is 5.80. The van der Waals surface area contributed by atoms with Crippen molar-refractivity contribution in [3.63, 3.8) is 0 Å². The molecular weight excluding hydrogens is 569 g/mol. The van der Waals surface area contributed by atoms with E-state index in [2.05, 4.69) is 15.4 Å². The molecule has 0 aliphatic carbocycles. The van der Waals surface area contributed by atoms with Crippen LogP contribution in [0, 0.1) is 5.82 Å². The Morgan fingerprint density at radius 3 is 2.63 bits per heavy atom. The third-order valence-corrected chi connectivity index (χ3v) is 9.45. The van der Waals surface area contributed by atoms with Crippen molar-refractivity contribution >= 4 is 43.5 Å². The SMILES string of the molecule is C[C@@H](Cc1ccccc1F)Nc1cc(Cl)nc2c1cnn2C1O[C@H](COP(=O)(O)CP(=O)(O)O)[C@@H](O)[C@H]1O. The topological polar surface area (TPSA) is 196 Å². The first-order chi connectivity index (χ1) is 17.7. The Kier molecular flexibility index (Phi) is 8.61. The van der Waals surface area contributed by atoms with E-state index in [9.17, 15) is 28.6 Å². The molecule has 208 valence electrons. The van der Waals surface area contributed by atoms with Crippen LogP contribution in [0.5, 0.6) is 0 Å². The molecule has 6 atom stereocenters. The lowest BCUT2D eigenvalue weighted by atomic mass is 10.1. The Hall–Kier alpha value is -1.96.